The minimum Gasteiger partial charge on any atom is -0.497 e. The maximum Gasteiger partial charge on any atom is 0.337 e. The number of esters is 1. The molecule has 0 amide bonds. The Morgan fingerprint density at radius 1 is 1.12 bits per heavy atom. The van der Waals surface area contributed by atoms with Crippen LogP contribution in [-0.2, 0) is 17.6 Å². The number of methoxy groups -OCH3 is 2. The van der Waals surface area contributed by atoms with E-state index in [0.29, 0.717) is 11.5 Å². The maximum atomic E-state index is 11.8. The summed E-state index contributed by atoms with van der Waals surface area (Å²) in [5.41, 5.74) is 5.27. The third-order valence-corrected chi connectivity index (χ3v) is 4.54. The van der Waals surface area contributed by atoms with Crippen molar-refractivity contribution in [3.8, 4) is 5.75 Å². The first kappa shape index (κ1) is 18.1. The molecule has 0 radical (unpaired) electrons. The first-order chi connectivity index (χ1) is 12.5. The van der Waals surface area contributed by atoms with Crippen LogP contribution in [0.4, 0.5) is 0 Å². The van der Waals surface area contributed by atoms with Gasteiger partial charge in [-0.2, -0.15) is 0 Å². The van der Waals surface area contributed by atoms with Crippen molar-refractivity contribution >= 4 is 16.9 Å². The van der Waals surface area contributed by atoms with E-state index in [1.165, 1.54) is 23.8 Å². The minimum atomic E-state index is -0.307. The summed E-state index contributed by atoms with van der Waals surface area (Å²) in [6.07, 6.45) is 1.74. The van der Waals surface area contributed by atoms with Gasteiger partial charge >= 0.3 is 5.97 Å². The molecule has 3 aromatic rings. The number of H-pyrrole nitrogens is 1. The Bertz CT molecular complexity index is 924. The Morgan fingerprint density at radius 2 is 1.92 bits per heavy atom. The number of carbonyl (C=O) groups excluding carboxylic acids is 1. The van der Waals surface area contributed by atoms with Crippen LogP contribution in [0.25, 0.3) is 10.9 Å². The first-order valence-corrected chi connectivity index (χ1v) is 8.86. The highest BCUT2D eigenvalue weighted by molar-refractivity contribution is 5.90. The van der Waals surface area contributed by atoms with Gasteiger partial charge in [-0.25, -0.2) is 4.79 Å². The molecular formula is C22H25NO3. The number of aromatic amines is 1. The van der Waals surface area contributed by atoms with Crippen molar-refractivity contribution < 1.29 is 14.3 Å². The van der Waals surface area contributed by atoms with Crippen LogP contribution in [0.5, 0.6) is 5.75 Å². The zero-order chi connectivity index (χ0) is 18.7. The average molecular weight is 351 g/mol. The number of hydrogen-bond donors (Lipinski definition) is 1. The monoisotopic (exact) mass is 351 g/mol. The third-order valence-electron chi connectivity index (χ3n) is 4.54. The Balaban J connectivity index is 2.04. The summed E-state index contributed by atoms with van der Waals surface area (Å²) < 4.78 is 10.2. The van der Waals surface area contributed by atoms with Crippen molar-refractivity contribution in [1.82, 2.24) is 4.98 Å². The van der Waals surface area contributed by atoms with Crippen molar-refractivity contribution in [3.05, 3.63) is 64.8 Å². The number of benzene rings is 2. The van der Waals surface area contributed by atoms with Gasteiger partial charge in [0.1, 0.15) is 5.75 Å². The second-order valence-corrected chi connectivity index (χ2v) is 6.96. The zero-order valence-electron chi connectivity index (χ0n) is 15.8. The molecule has 4 heteroatoms. The fraction of sp³-hybridized carbons (Fsp3) is 0.318. The molecule has 0 saturated heterocycles. The predicted molar refractivity (Wildman–Crippen MR) is 104 cm³/mol. The molecule has 1 N–H and O–H groups in total. The molecule has 0 unspecified atom stereocenters. The molecule has 136 valence electrons. The fourth-order valence-electron chi connectivity index (χ4n) is 3.33. The van der Waals surface area contributed by atoms with Gasteiger partial charge in [-0.05, 0) is 54.2 Å². The summed E-state index contributed by atoms with van der Waals surface area (Å²) in [5, 5.41) is 1.20. The van der Waals surface area contributed by atoms with Crippen molar-refractivity contribution in [2.75, 3.05) is 14.2 Å². The molecule has 0 bridgehead atoms. The van der Waals surface area contributed by atoms with E-state index in [2.05, 4.69) is 24.9 Å². The van der Waals surface area contributed by atoms with Crippen molar-refractivity contribution in [3.63, 3.8) is 0 Å². The van der Waals surface area contributed by atoms with E-state index in [1.807, 2.05) is 30.3 Å². The number of carbonyl (C=O) groups is 1. The van der Waals surface area contributed by atoms with Crippen LogP contribution >= 0.6 is 0 Å². The number of rotatable bonds is 6. The lowest BCUT2D eigenvalue weighted by Gasteiger charge is -2.09. The second kappa shape index (κ2) is 7.65. The molecule has 1 aromatic heterocycles. The summed E-state index contributed by atoms with van der Waals surface area (Å²) in [7, 11) is 3.08. The lowest BCUT2D eigenvalue weighted by atomic mass is 9.97. The molecule has 26 heavy (non-hydrogen) atoms. The van der Waals surface area contributed by atoms with Gasteiger partial charge in [-0.3, -0.25) is 0 Å². The summed E-state index contributed by atoms with van der Waals surface area (Å²) in [6, 6.07) is 13.8. The number of hydrogen-bond acceptors (Lipinski definition) is 3. The van der Waals surface area contributed by atoms with E-state index in [0.717, 1.165) is 29.7 Å². The second-order valence-electron chi connectivity index (χ2n) is 6.96. The summed E-state index contributed by atoms with van der Waals surface area (Å²) in [5.74, 6) is 1.08. The molecule has 0 aliphatic carbocycles. The molecule has 1 heterocycles. The van der Waals surface area contributed by atoms with E-state index in [-0.39, 0.29) is 5.97 Å². The van der Waals surface area contributed by atoms with E-state index in [9.17, 15) is 4.79 Å². The quantitative estimate of drug-likeness (QED) is 0.652. The van der Waals surface area contributed by atoms with E-state index in [1.54, 1.807) is 13.2 Å². The number of ether oxygens (including phenoxy) is 2. The van der Waals surface area contributed by atoms with Crippen molar-refractivity contribution in [1.29, 1.82) is 0 Å². The fourth-order valence-corrected chi connectivity index (χ4v) is 3.33. The molecule has 0 saturated carbocycles. The van der Waals surface area contributed by atoms with Crippen molar-refractivity contribution in [2.45, 2.75) is 26.7 Å². The molecule has 3 rings (SSSR count). The molecule has 0 fully saturated rings. The normalized spacial score (nSPS) is 11.1. The predicted octanol–water partition coefficient (Wildman–Crippen LogP) is 4.75. The lowest BCUT2D eigenvalue weighted by Crippen LogP contribution is -2.03. The van der Waals surface area contributed by atoms with Crippen LogP contribution in [0.1, 0.15) is 41.0 Å². The summed E-state index contributed by atoms with van der Waals surface area (Å²) in [4.78, 5) is 15.4. The third kappa shape index (κ3) is 3.74. The molecule has 4 nitrogen and oxygen atoms in total. The smallest absolute Gasteiger partial charge is 0.337 e. The van der Waals surface area contributed by atoms with Crippen LogP contribution in [-0.4, -0.2) is 25.2 Å². The van der Waals surface area contributed by atoms with Gasteiger partial charge in [-0.1, -0.05) is 26.0 Å². The van der Waals surface area contributed by atoms with Gasteiger partial charge in [0.15, 0.2) is 0 Å². The molecule has 2 aromatic carbocycles. The molecule has 0 aliphatic heterocycles. The highest BCUT2D eigenvalue weighted by atomic mass is 16.5. The summed E-state index contributed by atoms with van der Waals surface area (Å²) in [6.45, 7) is 4.43. The zero-order valence-corrected chi connectivity index (χ0v) is 15.8. The maximum absolute atomic E-state index is 11.8. The van der Waals surface area contributed by atoms with Gasteiger partial charge in [0.05, 0.1) is 19.8 Å². The summed E-state index contributed by atoms with van der Waals surface area (Å²) >= 11 is 0. The number of nitrogens with one attached hydrogen (secondary N) is 1. The molecular weight excluding hydrogens is 326 g/mol. The Kier molecular flexibility index (Phi) is 5.31. The van der Waals surface area contributed by atoms with Gasteiger partial charge in [0.25, 0.3) is 0 Å². The SMILES string of the molecule is COC(=O)c1cccc(Cc2c(CC(C)C)[nH]c3cc(OC)ccc23)c1. The number of fused-ring (bicyclic) bond motifs is 1. The van der Waals surface area contributed by atoms with Crippen LogP contribution < -0.4 is 4.74 Å². The van der Waals surface area contributed by atoms with Gasteiger partial charge < -0.3 is 14.5 Å². The van der Waals surface area contributed by atoms with Crippen LogP contribution in [0, 0.1) is 5.92 Å². The largest absolute Gasteiger partial charge is 0.497 e. The van der Waals surface area contributed by atoms with E-state index < -0.39 is 0 Å². The highest BCUT2D eigenvalue weighted by Crippen LogP contribution is 2.29. The Hall–Kier alpha value is -2.75. The van der Waals surface area contributed by atoms with Gasteiger partial charge in [-0.15, -0.1) is 0 Å². The molecule has 0 atom stereocenters. The standard InChI is InChI=1S/C22H25NO3/c1-14(2)10-20-19(18-9-8-17(25-3)13-21(18)23-20)12-15-6-5-7-16(11-15)22(24)26-4/h5-9,11,13-14,23H,10,12H2,1-4H3. The van der Waals surface area contributed by atoms with Crippen LogP contribution in [0.3, 0.4) is 0 Å². The Labute approximate surface area is 154 Å². The minimum absolute atomic E-state index is 0.307. The average Bonchev–Trinajstić information content (AvgIpc) is 2.96. The number of aromatic nitrogens is 1. The molecule has 0 spiro atoms. The molecule has 0 aliphatic rings. The van der Waals surface area contributed by atoms with Gasteiger partial charge in [0, 0.05) is 22.7 Å². The van der Waals surface area contributed by atoms with Gasteiger partial charge in [0.2, 0.25) is 0 Å². The Morgan fingerprint density at radius 3 is 2.62 bits per heavy atom. The lowest BCUT2D eigenvalue weighted by molar-refractivity contribution is 0.0600. The van der Waals surface area contributed by atoms with E-state index >= 15 is 0 Å². The van der Waals surface area contributed by atoms with E-state index in [4.69, 9.17) is 9.47 Å². The van der Waals surface area contributed by atoms with Crippen molar-refractivity contribution in [2.24, 2.45) is 5.92 Å². The van der Waals surface area contributed by atoms with Crippen LogP contribution in [0.2, 0.25) is 0 Å². The topological polar surface area (TPSA) is 51.3 Å². The van der Waals surface area contributed by atoms with Crippen LogP contribution in [0.15, 0.2) is 42.5 Å². The highest BCUT2D eigenvalue weighted by Gasteiger charge is 2.15. The first-order valence-electron chi connectivity index (χ1n) is 8.86.